The van der Waals surface area contributed by atoms with E-state index in [-0.39, 0.29) is 12.4 Å². The van der Waals surface area contributed by atoms with Gasteiger partial charge in [-0.05, 0) is 56.5 Å². The molecule has 0 aliphatic heterocycles. The van der Waals surface area contributed by atoms with Gasteiger partial charge >= 0.3 is 5.97 Å². The summed E-state index contributed by atoms with van der Waals surface area (Å²) in [5, 5.41) is 18.4. The lowest BCUT2D eigenvalue weighted by Crippen LogP contribution is -2.22. The van der Waals surface area contributed by atoms with Gasteiger partial charge in [-0.15, -0.1) is 0 Å². The minimum atomic E-state index is -0.515. The van der Waals surface area contributed by atoms with E-state index >= 15 is 0 Å². The molecule has 0 aliphatic carbocycles. The van der Waals surface area contributed by atoms with Gasteiger partial charge in [0.2, 0.25) is 0 Å². The van der Waals surface area contributed by atoms with Gasteiger partial charge in [-0.25, -0.2) is 4.79 Å². The molecule has 1 aromatic carbocycles. The third-order valence-corrected chi connectivity index (χ3v) is 2.30. The van der Waals surface area contributed by atoms with Crippen molar-refractivity contribution >= 4 is 12.0 Å². The lowest BCUT2D eigenvalue weighted by molar-refractivity contribution is -0.148. The van der Waals surface area contributed by atoms with Gasteiger partial charge in [0.15, 0.2) is 0 Å². The number of hydrogen-bond donors (Lipinski definition) is 2. The van der Waals surface area contributed by atoms with Crippen LogP contribution < -0.4 is 0 Å². The Labute approximate surface area is 113 Å². The Bertz CT molecular complexity index is 470. The zero-order valence-electron chi connectivity index (χ0n) is 11.5. The normalized spacial score (nSPS) is 11.8. The number of hydrogen-bond acceptors (Lipinski definition) is 4. The van der Waals surface area contributed by atoms with Crippen LogP contribution in [0.1, 0.15) is 31.9 Å². The van der Waals surface area contributed by atoms with Gasteiger partial charge in [0.25, 0.3) is 0 Å². The lowest BCUT2D eigenvalue weighted by Gasteiger charge is -2.17. The SMILES string of the molecule is CC(C)(C)OC(=O)/C=C/c1ccc(O)c(CCO)c1. The van der Waals surface area contributed by atoms with Gasteiger partial charge in [-0.2, -0.15) is 0 Å². The second-order valence-electron chi connectivity index (χ2n) is 5.23. The maximum atomic E-state index is 11.5. The zero-order valence-corrected chi connectivity index (χ0v) is 11.5. The second kappa shape index (κ2) is 6.38. The maximum absolute atomic E-state index is 11.5. The van der Waals surface area contributed by atoms with Crippen LogP contribution in [0.2, 0.25) is 0 Å². The molecule has 19 heavy (non-hydrogen) atoms. The van der Waals surface area contributed by atoms with E-state index in [9.17, 15) is 9.90 Å². The molecular formula is C15H20O4. The third kappa shape index (κ3) is 5.57. The first-order valence-corrected chi connectivity index (χ1v) is 6.15. The van der Waals surface area contributed by atoms with Crippen molar-refractivity contribution in [3.8, 4) is 5.75 Å². The summed E-state index contributed by atoms with van der Waals surface area (Å²) >= 11 is 0. The fourth-order valence-corrected chi connectivity index (χ4v) is 1.53. The van der Waals surface area contributed by atoms with E-state index in [2.05, 4.69) is 0 Å². The standard InChI is InChI=1S/C15H20O4/c1-15(2,3)19-14(18)7-5-11-4-6-13(17)12(10-11)8-9-16/h4-7,10,16-17H,8-9H2,1-3H3/b7-5+. The van der Waals surface area contributed by atoms with E-state index in [0.717, 1.165) is 5.56 Å². The van der Waals surface area contributed by atoms with E-state index in [1.807, 2.05) is 0 Å². The number of aromatic hydroxyl groups is 1. The number of esters is 1. The fraction of sp³-hybridized carbons (Fsp3) is 0.400. The van der Waals surface area contributed by atoms with Gasteiger partial charge in [0, 0.05) is 12.7 Å². The number of ether oxygens (including phenoxy) is 1. The summed E-state index contributed by atoms with van der Waals surface area (Å²) in [6.45, 7) is 5.38. The Kier molecular flexibility index (Phi) is 5.12. The zero-order chi connectivity index (χ0) is 14.5. The van der Waals surface area contributed by atoms with Crippen molar-refractivity contribution in [3.63, 3.8) is 0 Å². The monoisotopic (exact) mass is 264 g/mol. The van der Waals surface area contributed by atoms with Crippen molar-refractivity contribution < 1.29 is 19.7 Å². The number of aliphatic hydroxyl groups excluding tert-OH is 1. The van der Waals surface area contributed by atoms with Gasteiger partial charge in [0.05, 0.1) is 0 Å². The topological polar surface area (TPSA) is 66.8 Å². The predicted octanol–water partition coefficient (Wildman–Crippen LogP) is 2.28. The molecule has 0 radical (unpaired) electrons. The van der Waals surface area contributed by atoms with Gasteiger partial charge < -0.3 is 14.9 Å². The summed E-state index contributed by atoms with van der Waals surface area (Å²) in [5.41, 5.74) is 0.902. The lowest BCUT2D eigenvalue weighted by atomic mass is 10.1. The first-order chi connectivity index (χ1) is 8.81. The van der Waals surface area contributed by atoms with E-state index < -0.39 is 11.6 Å². The Morgan fingerprint density at radius 3 is 2.63 bits per heavy atom. The summed E-state index contributed by atoms with van der Waals surface area (Å²) in [5.74, 6) is -0.271. The molecule has 0 amide bonds. The third-order valence-electron chi connectivity index (χ3n) is 2.30. The van der Waals surface area contributed by atoms with Crippen LogP contribution in [0.5, 0.6) is 5.75 Å². The Balaban J connectivity index is 2.77. The van der Waals surface area contributed by atoms with Gasteiger partial charge in [0.1, 0.15) is 11.4 Å². The van der Waals surface area contributed by atoms with Gasteiger partial charge in [-0.1, -0.05) is 6.07 Å². The van der Waals surface area contributed by atoms with Crippen molar-refractivity contribution in [2.45, 2.75) is 32.8 Å². The summed E-state index contributed by atoms with van der Waals surface area (Å²) < 4.78 is 5.15. The summed E-state index contributed by atoms with van der Waals surface area (Å²) in [6.07, 6.45) is 3.34. The van der Waals surface area contributed by atoms with Crippen LogP contribution in [-0.4, -0.2) is 28.4 Å². The largest absolute Gasteiger partial charge is 0.508 e. The van der Waals surface area contributed by atoms with E-state index in [0.29, 0.717) is 12.0 Å². The summed E-state index contributed by atoms with van der Waals surface area (Å²) in [4.78, 5) is 11.5. The number of phenolic OH excluding ortho intramolecular Hbond substituents is 1. The highest BCUT2D eigenvalue weighted by atomic mass is 16.6. The molecule has 0 saturated carbocycles. The van der Waals surface area contributed by atoms with Crippen LogP contribution in [0, 0.1) is 0 Å². The molecule has 2 N–H and O–H groups in total. The maximum Gasteiger partial charge on any atom is 0.331 e. The van der Waals surface area contributed by atoms with Crippen LogP contribution >= 0.6 is 0 Å². The smallest absolute Gasteiger partial charge is 0.331 e. The molecule has 1 rings (SSSR count). The van der Waals surface area contributed by atoms with Crippen LogP contribution in [0.15, 0.2) is 24.3 Å². The van der Waals surface area contributed by atoms with E-state index in [1.54, 1.807) is 45.0 Å². The number of phenols is 1. The minimum absolute atomic E-state index is 0.0349. The number of carbonyl (C=O) groups excluding carboxylic acids is 1. The molecule has 4 nitrogen and oxygen atoms in total. The van der Waals surface area contributed by atoms with Crippen LogP contribution in [0.25, 0.3) is 6.08 Å². The molecule has 0 atom stereocenters. The number of aliphatic hydroxyl groups is 1. The average molecular weight is 264 g/mol. The summed E-state index contributed by atoms with van der Waals surface area (Å²) in [6, 6.07) is 4.96. The first kappa shape index (κ1) is 15.2. The first-order valence-electron chi connectivity index (χ1n) is 6.15. The van der Waals surface area contributed by atoms with Crippen molar-refractivity contribution in [1.82, 2.24) is 0 Å². The van der Waals surface area contributed by atoms with Crippen LogP contribution in [0.3, 0.4) is 0 Å². The molecule has 1 aromatic rings. The molecular weight excluding hydrogens is 244 g/mol. The van der Waals surface area contributed by atoms with E-state index in [1.165, 1.54) is 6.08 Å². The highest BCUT2D eigenvalue weighted by molar-refractivity contribution is 5.87. The van der Waals surface area contributed by atoms with Crippen molar-refractivity contribution in [2.24, 2.45) is 0 Å². The van der Waals surface area contributed by atoms with Gasteiger partial charge in [-0.3, -0.25) is 0 Å². The number of benzene rings is 1. The van der Waals surface area contributed by atoms with Crippen molar-refractivity contribution in [2.75, 3.05) is 6.61 Å². The highest BCUT2D eigenvalue weighted by Crippen LogP contribution is 2.19. The predicted molar refractivity (Wildman–Crippen MR) is 73.8 cm³/mol. The van der Waals surface area contributed by atoms with E-state index in [4.69, 9.17) is 9.84 Å². The fourth-order valence-electron chi connectivity index (χ4n) is 1.53. The number of rotatable bonds is 4. The van der Waals surface area contributed by atoms with Crippen molar-refractivity contribution in [3.05, 3.63) is 35.4 Å². The van der Waals surface area contributed by atoms with Crippen LogP contribution in [0.4, 0.5) is 0 Å². The Morgan fingerprint density at radius 1 is 1.37 bits per heavy atom. The summed E-state index contributed by atoms with van der Waals surface area (Å²) in [7, 11) is 0. The molecule has 104 valence electrons. The molecule has 0 spiro atoms. The Hall–Kier alpha value is -1.81. The molecule has 0 fully saturated rings. The minimum Gasteiger partial charge on any atom is -0.508 e. The molecule has 0 aromatic heterocycles. The molecule has 0 unspecified atom stereocenters. The van der Waals surface area contributed by atoms with Crippen molar-refractivity contribution in [1.29, 1.82) is 0 Å². The average Bonchev–Trinajstić information content (AvgIpc) is 2.28. The molecule has 0 aliphatic rings. The quantitative estimate of drug-likeness (QED) is 0.646. The second-order valence-corrected chi connectivity index (χ2v) is 5.23. The molecule has 4 heteroatoms. The molecule has 0 saturated heterocycles. The number of carbonyl (C=O) groups is 1. The van der Waals surface area contributed by atoms with Crippen LogP contribution in [-0.2, 0) is 16.0 Å². The molecule has 0 bridgehead atoms. The highest BCUT2D eigenvalue weighted by Gasteiger charge is 2.13. The molecule has 0 heterocycles. The Morgan fingerprint density at radius 2 is 2.05 bits per heavy atom.